The van der Waals surface area contributed by atoms with Crippen molar-refractivity contribution in [3.05, 3.63) is 11.9 Å². The Morgan fingerprint density at radius 2 is 1.75 bits per heavy atom. The second-order valence-corrected chi connectivity index (χ2v) is 7.01. The van der Waals surface area contributed by atoms with Crippen molar-refractivity contribution in [3.63, 3.8) is 0 Å². The molecule has 20 heavy (non-hydrogen) atoms. The molecule has 0 radical (unpaired) electrons. The molecule has 5 nitrogen and oxygen atoms in total. The zero-order chi connectivity index (χ0) is 15.0. The highest BCUT2D eigenvalue weighted by atomic mass is 32.2. The highest BCUT2D eigenvalue weighted by molar-refractivity contribution is 7.89. The molecule has 0 aliphatic heterocycles. The molecule has 0 saturated carbocycles. The number of nitrogens with zero attached hydrogens (tertiary/aromatic N) is 2. The molecule has 1 N–H and O–H groups in total. The van der Waals surface area contributed by atoms with Gasteiger partial charge in [0.2, 0.25) is 10.0 Å². The Hall–Kier alpha value is -0.880. The number of rotatable bonds is 10. The lowest BCUT2D eigenvalue weighted by molar-refractivity contribution is 0.563. The van der Waals surface area contributed by atoms with Gasteiger partial charge in [0.1, 0.15) is 4.90 Å². The van der Waals surface area contributed by atoms with E-state index in [2.05, 4.69) is 16.7 Å². The Bertz CT molecular complexity index is 495. The quantitative estimate of drug-likeness (QED) is 0.676. The summed E-state index contributed by atoms with van der Waals surface area (Å²) in [6.45, 7) is 4.42. The molecule has 0 spiro atoms. The van der Waals surface area contributed by atoms with Crippen LogP contribution < -0.4 is 4.72 Å². The van der Waals surface area contributed by atoms with E-state index in [-0.39, 0.29) is 4.90 Å². The first-order valence-corrected chi connectivity index (χ1v) is 8.95. The predicted molar refractivity (Wildman–Crippen MR) is 81.1 cm³/mol. The predicted octanol–water partition coefficient (Wildman–Crippen LogP) is 2.76. The van der Waals surface area contributed by atoms with E-state index < -0.39 is 10.0 Å². The molecule has 1 aromatic heterocycles. The molecule has 0 fully saturated rings. The van der Waals surface area contributed by atoms with Crippen LogP contribution in [0.15, 0.2) is 11.1 Å². The summed E-state index contributed by atoms with van der Waals surface area (Å²) >= 11 is 0. The largest absolute Gasteiger partial charge is 0.274 e. The number of sulfonamides is 1. The number of aromatic nitrogens is 2. The first-order valence-electron chi connectivity index (χ1n) is 7.47. The van der Waals surface area contributed by atoms with Crippen molar-refractivity contribution in [1.82, 2.24) is 14.5 Å². The molecule has 6 heteroatoms. The Balaban J connectivity index is 2.26. The Morgan fingerprint density at radius 1 is 1.15 bits per heavy atom. The summed E-state index contributed by atoms with van der Waals surface area (Å²) in [5, 5.41) is 4.06. The summed E-state index contributed by atoms with van der Waals surface area (Å²) in [4.78, 5) is 0.281. The van der Waals surface area contributed by atoms with Gasteiger partial charge in [0, 0.05) is 19.8 Å². The Labute approximate surface area is 122 Å². The van der Waals surface area contributed by atoms with Crippen LogP contribution in [0.2, 0.25) is 0 Å². The Kier molecular flexibility index (Phi) is 7.23. The van der Waals surface area contributed by atoms with Gasteiger partial charge >= 0.3 is 0 Å². The minimum Gasteiger partial charge on any atom is -0.274 e. The number of unbranched alkanes of at least 4 members (excludes halogenated alkanes) is 6. The first kappa shape index (κ1) is 17.2. The molecule has 0 unspecified atom stereocenters. The minimum atomic E-state index is -3.40. The number of nitrogens with one attached hydrogen (secondary N) is 1. The molecule has 0 saturated heterocycles. The van der Waals surface area contributed by atoms with E-state index in [1.165, 1.54) is 36.8 Å². The van der Waals surface area contributed by atoms with Gasteiger partial charge in [-0.3, -0.25) is 4.68 Å². The van der Waals surface area contributed by atoms with Crippen LogP contribution >= 0.6 is 0 Å². The average Bonchev–Trinajstić information content (AvgIpc) is 2.72. The highest BCUT2D eigenvalue weighted by Gasteiger charge is 2.18. The summed E-state index contributed by atoms with van der Waals surface area (Å²) in [5.41, 5.74) is 0.541. The topological polar surface area (TPSA) is 64.0 Å². The fourth-order valence-corrected chi connectivity index (χ4v) is 3.50. The van der Waals surface area contributed by atoms with Crippen LogP contribution in [-0.2, 0) is 17.1 Å². The normalized spacial score (nSPS) is 11.9. The van der Waals surface area contributed by atoms with Gasteiger partial charge in [0.25, 0.3) is 0 Å². The van der Waals surface area contributed by atoms with Crippen molar-refractivity contribution in [2.45, 2.75) is 63.7 Å². The maximum atomic E-state index is 12.1. The fourth-order valence-electron chi connectivity index (χ4n) is 2.21. The fraction of sp³-hybridized carbons (Fsp3) is 0.786. The molecule has 1 heterocycles. The van der Waals surface area contributed by atoms with Crippen LogP contribution in [0.25, 0.3) is 0 Å². The second kappa shape index (κ2) is 8.42. The third-order valence-electron chi connectivity index (χ3n) is 3.33. The maximum absolute atomic E-state index is 12.1. The van der Waals surface area contributed by atoms with E-state index >= 15 is 0 Å². The lowest BCUT2D eigenvalue weighted by atomic mass is 10.1. The Morgan fingerprint density at radius 3 is 2.30 bits per heavy atom. The lowest BCUT2D eigenvalue weighted by Gasteiger charge is -2.05. The van der Waals surface area contributed by atoms with Crippen molar-refractivity contribution >= 4 is 10.0 Å². The van der Waals surface area contributed by atoms with Gasteiger partial charge in [-0.2, -0.15) is 5.10 Å². The number of hydrogen-bond donors (Lipinski definition) is 1. The van der Waals surface area contributed by atoms with Gasteiger partial charge < -0.3 is 0 Å². The molecule has 0 amide bonds. The van der Waals surface area contributed by atoms with Gasteiger partial charge in [0.05, 0.1) is 5.69 Å². The molecule has 0 atom stereocenters. The summed E-state index contributed by atoms with van der Waals surface area (Å²) in [7, 11) is -1.68. The van der Waals surface area contributed by atoms with E-state index in [9.17, 15) is 8.42 Å². The van der Waals surface area contributed by atoms with Gasteiger partial charge in [0.15, 0.2) is 0 Å². The molecule has 0 aromatic carbocycles. The standard InChI is InChI=1S/C14H27N3O2S/c1-4-5-6-7-8-9-10-11-15-20(18,19)14-12-17(3)16-13(14)2/h12,15H,4-11H2,1-3H3. The maximum Gasteiger partial charge on any atom is 0.243 e. The van der Waals surface area contributed by atoms with Gasteiger partial charge in [-0.1, -0.05) is 45.4 Å². The van der Waals surface area contributed by atoms with Crippen molar-refractivity contribution in [1.29, 1.82) is 0 Å². The molecule has 0 bridgehead atoms. The van der Waals surface area contributed by atoms with Crippen molar-refractivity contribution < 1.29 is 8.42 Å². The summed E-state index contributed by atoms with van der Waals surface area (Å²) < 4.78 is 28.3. The lowest BCUT2D eigenvalue weighted by Crippen LogP contribution is -2.25. The van der Waals surface area contributed by atoms with E-state index in [4.69, 9.17) is 0 Å². The third kappa shape index (κ3) is 5.63. The first-order chi connectivity index (χ1) is 9.47. The third-order valence-corrected chi connectivity index (χ3v) is 4.89. The van der Waals surface area contributed by atoms with E-state index in [0.29, 0.717) is 12.2 Å². The van der Waals surface area contributed by atoms with Crippen LogP contribution in [0.5, 0.6) is 0 Å². The zero-order valence-electron chi connectivity index (χ0n) is 12.9. The molecular formula is C14H27N3O2S. The van der Waals surface area contributed by atoms with Crippen LogP contribution in [0, 0.1) is 6.92 Å². The van der Waals surface area contributed by atoms with Crippen LogP contribution in [-0.4, -0.2) is 24.7 Å². The van der Waals surface area contributed by atoms with Crippen LogP contribution in [0.3, 0.4) is 0 Å². The zero-order valence-corrected chi connectivity index (χ0v) is 13.7. The van der Waals surface area contributed by atoms with E-state index in [0.717, 1.165) is 12.8 Å². The number of hydrogen-bond acceptors (Lipinski definition) is 3. The average molecular weight is 301 g/mol. The summed E-state index contributed by atoms with van der Waals surface area (Å²) in [6, 6.07) is 0. The smallest absolute Gasteiger partial charge is 0.243 e. The molecular weight excluding hydrogens is 274 g/mol. The SMILES string of the molecule is CCCCCCCCCNS(=O)(=O)c1cn(C)nc1C. The molecule has 0 aliphatic carbocycles. The van der Waals surface area contributed by atoms with E-state index in [1.54, 1.807) is 20.2 Å². The summed E-state index contributed by atoms with van der Waals surface area (Å²) in [5.74, 6) is 0. The number of aryl methyl sites for hydroxylation is 2. The summed E-state index contributed by atoms with van der Waals surface area (Å²) in [6.07, 6.45) is 9.80. The minimum absolute atomic E-state index is 0.281. The molecule has 1 rings (SSSR count). The van der Waals surface area contributed by atoms with Gasteiger partial charge in [-0.15, -0.1) is 0 Å². The molecule has 116 valence electrons. The second-order valence-electron chi connectivity index (χ2n) is 5.27. The van der Waals surface area contributed by atoms with Crippen molar-refractivity contribution in [2.75, 3.05) is 6.54 Å². The molecule has 1 aromatic rings. The van der Waals surface area contributed by atoms with Crippen LogP contribution in [0.4, 0.5) is 0 Å². The van der Waals surface area contributed by atoms with Crippen LogP contribution in [0.1, 0.15) is 57.6 Å². The van der Waals surface area contributed by atoms with Gasteiger partial charge in [-0.05, 0) is 13.3 Å². The van der Waals surface area contributed by atoms with Gasteiger partial charge in [-0.25, -0.2) is 13.1 Å². The molecule has 0 aliphatic rings. The monoisotopic (exact) mass is 301 g/mol. The van der Waals surface area contributed by atoms with E-state index in [1.807, 2.05) is 0 Å². The van der Waals surface area contributed by atoms with Crippen molar-refractivity contribution in [2.24, 2.45) is 7.05 Å². The highest BCUT2D eigenvalue weighted by Crippen LogP contribution is 2.12. The van der Waals surface area contributed by atoms with Crippen molar-refractivity contribution in [3.8, 4) is 0 Å².